The minimum absolute atomic E-state index is 0.272. The first-order valence-corrected chi connectivity index (χ1v) is 7.31. The normalized spacial score (nSPS) is 11.2. The van der Waals surface area contributed by atoms with Gasteiger partial charge in [0.1, 0.15) is 11.6 Å². The van der Waals surface area contributed by atoms with E-state index in [2.05, 4.69) is 25.9 Å². The van der Waals surface area contributed by atoms with E-state index >= 15 is 0 Å². The molecule has 6 heteroatoms. The monoisotopic (exact) mass is 353 g/mol. The van der Waals surface area contributed by atoms with Crippen molar-refractivity contribution in [2.24, 2.45) is 0 Å². The fourth-order valence-electron chi connectivity index (χ4n) is 2.12. The number of fused-ring (bicyclic) bond motifs is 1. The quantitative estimate of drug-likeness (QED) is 0.662. The summed E-state index contributed by atoms with van der Waals surface area (Å²) in [7, 11) is 0. The SMILES string of the molecule is Fc1cc2nc(CCl)n(Cc3cccnc3)c2cc1Br. The molecule has 3 rings (SSSR count). The van der Waals surface area contributed by atoms with Gasteiger partial charge < -0.3 is 4.57 Å². The first-order valence-electron chi connectivity index (χ1n) is 5.98. The predicted molar refractivity (Wildman–Crippen MR) is 80.3 cm³/mol. The van der Waals surface area contributed by atoms with E-state index < -0.39 is 0 Å². The number of benzene rings is 1. The number of hydrogen-bond donors (Lipinski definition) is 0. The van der Waals surface area contributed by atoms with Crippen LogP contribution in [0.3, 0.4) is 0 Å². The highest BCUT2D eigenvalue weighted by molar-refractivity contribution is 9.10. The average Bonchev–Trinajstić information content (AvgIpc) is 2.78. The van der Waals surface area contributed by atoms with Gasteiger partial charge in [-0.05, 0) is 33.6 Å². The molecule has 0 bridgehead atoms. The Hall–Kier alpha value is -1.46. The van der Waals surface area contributed by atoms with Crippen LogP contribution in [0, 0.1) is 5.82 Å². The molecule has 2 aromatic heterocycles. The van der Waals surface area contributed by atoms with Crippen molar-refractivity contribution >= 4 is 38.6 Å². The first-order chi connectivity index (χ1) is 9.69. The number of halogens is 3. The van der Waals surface area contributed by atoms with Gasteiger partial charge >= 0.3 is 0 Å². The topological polar surface area (TPSA) is 30.7 Å². The summed E-state index contributed by atoms with van der Waals surface area (Å²) in [5, 5.41) is 0. The van der Waals surface area contributed by atoms with E-state index in [1.54, 1.807) is 18.5 Å². The minimum Gasteiger partial charge on any atom is -0.322 e. The Labute approximate surface area is 128 Å². The van der Waals surface area contributed by atoms with Gasteiger partial charge in [0.15, 0.2) is 0 Å². The smallest absolute Gasteiger partial charge is 0.139 e. The van der Waals surface area contributed by atoms with E-state index in [4.69, 9.17) is 11.6 Å². The summed E-state index contributed by atoms with van der Waals surface area (Å²) < 4.78 is 16.0. The summed E-state index contributed by atoms with van der Waals surface area (Å²) in [6, 6.07) is 7.00. The molecule has 1 aromatic carbocycles. The van der Waals surface area contributed by atoms with E-state index in [9.17, 15) is 4.39 Å². The Morgan fingerprint density at radius 2 is 2.20 bits per heavy atom. The van der Waals surface area contributed by atoms with Gasteiger partial charge in [0.2, 0.25) is 0 Å². The fourth-order valence-corrected chi connectivity index (χ4v) is 2.66. The molecule has 0 N–H and O–H groups in total. The second-order valence-corrected chi connectivity index (χ2v) is 5.49. The summed E-state index contributed by atoms with van der Waals surface area (Å²) >= 11 is 9.15. The highest BCUT2D eigenvalue weighted by Gasteiger charge is 2.13. The Balaban J connectivity index is 2.15. The van der Waals surface area contributed by atoms with E-state index in [0.717, 1.165) is 11.1 Å². The molecule has 102 valence electrons. The van der Waals surface area contributed by atoms with Crippen molar-refractivity contribution in [2.75, 3.05) is 0 Å². The lowest BCUT2D eigenvalue weighted by Crippen LogP contribution is -2.04. The Kier molecular flexibility index (Phi) is 3.72. The zero-order valence-electron chi connectivity index (χ0n) is 10.4. The molecule has 0 radical (unpaired) electrons. The number of aromatic nitrogens is 3. The molecular formula is C14H10BrClFN3. The second kappa shape index (κ2) is 5.50. The molecule has 0 fully saturated rings. The molecule has 20 heavy (non-hydrogen) atoms. The van der Waals surface area contributed by atoms with E-state index in [-0.39, 0.29) is 11.7 Å². The number of rotatable bonds is 3. The third kappa shape index (κ3) is 2.43. The molecule has 0 aliphatic rings. The van der Waals surface area contributed by atoms with Crippen LogP contribution < -0.4 is 0 Å². The number of imidazole rings is 1. The zero-order valence-corrected chi connectivity index (χ0v) is 12.7. The van der Waals surface area contributed by atoms with Gasteiger partial charge in [-0.1, -0.05) is 6.07 Å². The molecule has 0 aliphatic carbocycles. The predicted octanol–water partition coefficient (Wildman–Crippen LogP) is 4.12. The molecular weight excluding hydrogens is 345 g/mol. The molecule has 0 saturated heterocycles. The molecule has 0 spiro atoms. The van der Waals surface area contributed by atoms with Crippen molar-refractivity contribution in [2.45, 2.75) is 12.4 Å². The van der Waals surface area contributed by atoms with Crippen LogP contribution in [0.5, 0.6) is 0 Å². The molecule has 0 saturated carbocycles. The highest BCUT2D eigenvalue weighted by Crippen LogP contribution is 2.25. The van der Waals surface area contributed by atoms with Gasteiger partial charge in [-0.2, -0.15) is 0 Å². The van der Waals surface area contributed by atoms with Crippen molar-refractivity contribution in [1.82, 2.24) is 14.5 Å². The lowest BCUT2D eigenvalue weighted by Gasteiger charge is -2.07. The number of nitrogens with zero attached hydrogens (tertiary/aromatic N) is 3. The lowest BCUT2D eigenvalue weighted by atomic mass is 10.2. The van der Waals surface area contributed by atoms with Gasteiger partial charge in [0.25, 0.3) is 0 Å². The van der Waals surface area contributed by atoms with Gasteiger partial charge in [0.05, 0.1) is 27.9 Å². The minimum atomic E-state index is -0.329. The summed E-state index contributed by atoms with van der Waals surface area (Å²) in [6.07, 6.45) is 3.52. The van der Waals surface area contributed by atoms with Crippen molar-refractivity contribution < 1.29 is 4.39 Å². The Morgan fingerprint density at radius 1 is 1.35 bits per heavy atom. The summed E-state index contributed by atoms with van der Waals surface area (Å²) in [5.41, 5.74) is 2.49. The van der Waals surface area contributed by atoms with Gasteiger partial charge in [-0.25, -0.2) is 9.37 Å². The molecule has 3 nitrogen and oxygen atoms in total. The van der Waals surface area contributed by atoms with E-state index in [1.165, 1.54) is 6.07 Å². The standard InChI is InChI=1S/C14H10BrClFN3/c15-10-4-13-12(5-11(10)17)19-14(6-16)20(13)8-9-2-1-3-18-7-9/h1-5,7H,6,8H2. The molecule has 2 heterocycles. The molecule has 0 aliphatic heterocycles. The van der Waals surface area contributed by atoms with Crippen LogP contribution in [-0.4, -0.2) is 14.5 Å². The number of alkyl halides is 1. The largest absolute Gasteiger partial charge is 0.322 e. The maximum atomic E-state index is 13.6. The third-order valence-electron chi connectivity index (χ3n) is 3.05. The van der Waals surface area contributed by atoms with E-state index in [1.807, 2.05) is 16.7 Å². The number of pyridine rings is 1. The Bertz CT molecular complexity index is 758. The van der Waals surface area contributed by atoms with Crippen molar-refractivity contribution in [3.63, 3.8) is 0 Å². The van der Waals surface area contributed by atoms with Crippen LogP contribution in [0.25, 0.3) is 11.0 Å². The van der Waals surface area contributed by atoms with Crippen LogP contribution >= 0.6 is 27.5 Å². The summed E-state index contributed by atoms with van der Waals surface area (Å²) in [5.74, 6) is 0.654. The first kappa shape index (κ1) is 13.5. The number of hydrogen-bond acceptors (Lipinski definition) is 2. The maximum absolute atomic E-state index is 13.6. The van der Waals surface area contributed by atoms with Crippen molar-refractivity contribution in [3.8, 4) is 0 Å². The molecule has 0 atom stereocenters. The Morgan fingerprint density at radius 3 is 2.90 bits per heavy atom. The zero-order chi connectivity index (χ0) is 14.1. The van der Waals surface area contributed by atoms with Gasteiger partial charge in [0, 0.05) is 18.5 Å². The van der Waals surface area contributed by atoms with Crippen LogP contribution in [0.2, 0.25) is 0 Å². The molecule has 0 amide bonds. The summed E-state index contributed by atoms with van der Waals surface area (Å²) in [6.45, 7) is 0.602. The van der Waals surface area contributed by atoms with Crippen LogP contribution in [0.1, 0.15) is 11.4 Å². The van der Waals surface area contributed by atoms with Crippen LogP contribution in [0.15, 0.2) is 41.1 Å². The highest BCUT2D eigenvalue weighted by atomic mass is 79.9. The molecule has 3 aromatic rings. The lowest BCUT2D eigenvalue weighted by molar-refractivity contribution is 0.622. The maximum Gasteiger partial charge on any atom is 0.139 e. The van der Waals surface area contributed by atoms with Gasteiger partial charge in [-0.15, -0.1) is 11.6 Å². The van der Waals surface area contributed by atoms with Crippen molar-refractivity contribution in [1.29, 1.82) is 0 Å². The van der Waals surface area contributed by atoms with Crippen LogP contribution in [0.4, 0.5) is 4.39 Å². The van der Waals surface area contributed by atoms with Crippen LogP contribution in [-0.2, 0) is 12.4 Å². The van der Waals surface area contributed by atoms with Gasteiger partial charge in [-0.3, -0.25) is 4.98 Å². The third-order valence-corrected chi connectivity index (χ3v) is 3.90. The average molecular weight is 355 g/mol. The van der Waals surface area contributed by atoms with E-state index in [0.29, 0.717) is 22.4 Å². The fraction of sp³-hybridized carbons (Fsp3) is 0.143. The molecule has 0 unspecified atom stereocenters. The summed E-state index contributed by atoms with van der Waals surface area (Å²) in [4.78, 5) is 8.48. The van der Waals surface area contributed by atoms with Crippen molar-refractivity contribution in [3.05, 3.63) is 58.3 Å². The second-order valence-electron chi connectivity index (χ2n) is 4.36.